The summed E-state index contributed by atoms with van der Waals surface area (Å²) in [5.74, 6) is 0. The highest BCUT2D eigenvalue weighted by Gasteiger charge is 2.35. The van der Waals surface area contributed by atoms with Gasteiger partial charge in [-0.25, -0.2) is 0 Å². The van der Waals surface area contributed by atoms with Crippen LogP contribution in [-0.2, 0) is 4.65 Å². The maximum atomic E-state index is 10.3. The average molecular weight is 405 g/mol. The molecule has 0 spiro atoms. The molecular weight excluding hydrogens is 379 g/mol. The molecule has 0 aromatic heterocycles. The first-order valence-electron chi connectivity index (χ1n) is 10.7. The molecule has 1 N–H and O–H groups in total. The number of fused-ring (bicyclic) bond motifs is 3. The fraction of sp³-hybridized carbons (Fsp3) is 0.214. The van der Waals surface area contributed by atoms with Gasteiger partial charge in [0.15, 0.2) is 0 Å². The second-order valence-electron chi connectivity index (χ2n) is 9.40. The predicted octanol–water partition coefficient (Wildman–Crippen LogP) is 5.96. The number of hydrogen-bond donors (Lipinski definition) is 1. The molecule has 1 radical (unpaired) electrons. The molecule has 1 aliphatic rings. The number of rotatable bonds is 5. The van der Waals surface area contributed by atoms with E-state index in [0.29, 0.717) is 0 Å². The van der Waals surface area contributed by atoms with Gasteiger partial charge in [-0.15, -0.1) is 0 Å². The van der Waals surface area contributed by atoms with Crippen LogP contribution in [0.4, 0.5) is 0 Å². The third kappa shape index (κ3) is 3.38. The van der Waals surface area contributed by atoms with Gasteiger partial charge in [0.1, 0.15) is 0 Å². The third-order valence-electron chi connectivity index (χ3n) is 6.69. The molecule has 0 saturated carbocycles. The van der Waals surface area contributed by atoms with E-state index < -0.39 is 11.2 Å². The fourth-order valence-electron chi connectivity index (χ4n) is 4.10. The smallest absolute Gasteiger partial charge is 0.330 e. The maximum Gasteiger partial charge on any atom is 0.330 e. The first-order chi connectivity index (χ1) is 14.7. The topological polar surface area (TPSA) is 29.5 Å². The van der Waals surface area contributed by atoms with Crippen molar-refractivity contribution in [1.29, 1.82) is 0 Å². The van der Waals surface area contributed by atoms with Gasteiger partial charge in [0.2, 0.25) is 0 Å². The summed E-state index contributed by atoms with van der Waals surface area (Å²) in [7, 11) is 1.73. The molecule has 0 heterocycles. The highest BCUT2D eigenvalue weighted by molar-refractivity contribution is 6.47. The van der Waals surface area contributed by atoms with Crippen LogP contribution in [0.5, 0.6) is 0 Å². The summed E-state index contributed by atoms with van der Waals surface area (Å²) >= 11 is 0. The SMILES string of the molecule is CC(C)(O)C(C)(C)O[B]c1ccc(-c2cc3c4c(cccc4c2)-c2ccccc2-3)cc1. The molecule has 0 atom stereocenters. The van der Waals surface area contributed by atoms with E-state index in [4.69, 9.17) is 4.65 Å². The van der Waals surface area contributed by atoms with Gasteiger partial charge < -0.3 is 9.76 Å². The van der Waals surface area contributed by atoms with Crippen molar-refractivity contribution >= 4 is 23.7 Å². The van der Waals surface area contributed by atoms with E-state index in [-0.39, 0.29) is 0 Å². The molecular formula is C28H26BO2. The molecule has 0 fully saturated rings. The molecule has 0 unspecified atom stereocenters. The Balaban J connectivity index is 1.48. The van der Waals surface area contributed by atoms with Crippen molar-refractivity contribution in [1.82, 2.24) is 0 Å². The van der Waals surface area contributed by atoms with Crippen molar-refractivity contribution in [2.45, 2.75) is 38.9 Å². The molecule has 0 amide bonds. The minimum Gasteiger partial charge on any atom is -0.427 e. The monoisotopic (exact) mass is 405 g/mol. The zero-order valence-electron chi connectivity index (χ0n) is 18.4. The van der Waals surface area contributed by atoms with Crippen molar-refractivity contribution in [2.75, 3.05) is 0 Å². The molecule has 0 aliphatic heterocycles. The molecule has 0 bridgehead atoms. The van der Waals surface area contributed by atoms with Gasteiger partial charge >= 0.3 is 7.48 Å². The molecule has 0 saturated heterocycles. The Hall–Kier alpha value is -2.88. The second kappa shape index (κ2) is 7.08. The van der Waals surface area contributed by atoms with Crippen LogP contribution in [0.1, 0.15) is 27.7 Å². The minimum absolute atomic E-state index is 0.681. The Morgan fingerprint density at radius 3 is 2.00 bits per heavy atom. The van der Waals surface area contributed by atoms with E-state index in [1.807, 2.05) is 13.8 Å². The Labute approximate surface area is 184 Å². The summed E-state index contributed by atoms with van der Waals surface area (Å²) < 4.78 is 5.89. The fourth-order valence-corrected chi connectivity index (χ4v) is 4.10. The standard InChI is InChI=1S/C28H26BO2/c1-27(2,30)28(3,4)31-29-21-14-12-18(13-15-21)20-16-19-8-7-11-24-22-9-5-6-10-23(22)25(17-20)26(19)24/h5-17,30H,1-4H3. The largest absolute Gasteiger partial charge is 0.427 e. The Bertz CT molecular complexity index is 1280. The summed E-state index contributed by atoms with van der Waals surface area (Å²) in [5, 5.41) is 12.9. The lowest BCUT2D eigenvalue weighted by Gasteiger charge is -2.37. The van der Waals surface area contributed by atoms with Crippen LogP contribution >= 0.6 is 0 Å². The van der Waals surface area contributed by atoms with Gasteiger partial charge in [-0.05, 0) is 84.0 Å². The van der Waals surface area contributed by atoms with Crippen molar-refractivity contribution in [3.05, 3.63) is 78.9 Å². The summed E-state index contributed by atoms with van der Waals surface area (Å²) in [4.78, 5) is 0. The third-order valence-corrected chi connectivity index (χ3v) is 6.69. The molecule has 5 rings (SSSR count). The summed E-state index contributed by atoms with van der Waals surface area (Å²) in [6.45, 7) is 7.30. The van der Waals surface area contributed by atoms with E-state index >= 15 is 0 Å². The van der Waals surface area contributed by atoms with E-state index in [0.717, 1.165) is 5.46 Å². The molecule has 1 aliphatic carbocycles. The van der Waals surface area contributed by atoms with Gasteiger partial charge in [0.05, 0.1) is 11.2 Å². The van der Waals surface area contributed by atoms with Crippen LogP contribution in [0.2, 0.25) is 0 Å². The van der Waals surface area contributed by atoms with E-state index in [2.05, 4.69) is 78.9 Å². The lowest BCUT2D eigenvalue weighted by Crippen LogP contribution is -2.49. The minimum atomic E-state index is -0.938. The zero-order valence-corrected chi connectivity index (χ0v) is 18.4. The van der Waals surface area contributed by atoms with E-state index in [9.17, 15) is 5.11 Å². The lowest BCUT2D eigenvalue weighted by molar-refractivity contribution is -0.0893. The Morgan fingerprint density at radius 1 is 0.677 bits per heavy atom. The van der Waals surface area contributed by atoms with E-state index in [1.54, 1.807) is 21.3 Å². The maximum absolute atomic E-state index is 10.3. The summed E-state index contributed by atoms with van der Waals surface area (Å²) in [5.41, 5.74) is 6.99. The number of benzene rings is 4. The van der Waals surface area contributed by atoms with Crippen molar-refractivity contribution in [2.24, 2.45) is 0 Å². The van der Waals surface area contributed by atoms with Gasteiger partial charge in [0, 0.05) is 0 Å². The van der Waals surface area contributed by atoms with Gasteiger partial charge in [-0.3, -0.25) is 0 Å². The normalized spacial score (nSPS) is 12.8. The molecule has 3 heteroatoms. The number of hydrogen-bond acceptors (Lipinski definition) is 2. The molecule has 153 valence electrons. The van der Waals surface area contributed by atoms with Crippen LogP contribution in [0, 0.1) is 0 Å². The zero-order chi connectivity index (χ0) is 21.8. The predicted molar refractivity (Wildman–Crippen MR) is 131 cm³/mol. The van der Waals surface area contributed by atoms with Crippen LogP contribution in [0.25, 0.3) is 44.2 Å². The van der Waals surface area contributed by atoms with Gasteiger partial charge in [-0.1, -0.05) is 72.2 Å². The summed E-state index contributed by atoms with van der Waals surface area (Å²) in [6, 6.07) is 28.2. The molecule has 31 heavy (non-hydrogen) atoms. The first kappa shape index (κ1) is 20.1. The first-order valence-corrected chi connectivity index (χ1v) is 10.7. The van der Waals surface area contributed by atoms with Crippen molar-refractivity contribution in [3.63, 3.8) is 0 Å². The molecule has 4 aromatic rings. The van der Waals surface area contributed by atoms with E-state index in [1.165, 1.54) is 44.2 Å². The van der Waals surface area contributed by atoms with Crippen molar-refractivity contribution < 1.29 is 9.76 Å². The average Bonchev–Trinajstić information content (AvgIpc) is 3.08. The molecule has 4 aromatic carbocycles. The highest BCUT2D eigenvalue weighted by Crippen LogP contribution is 2.48. The van der Waals surface area contributed by atoms with Crippen molar-refractivity contribution in [3.8, 4) is 33.4 Å². The molecule has 2 nitrogen and oxygen atoms in total. The van der Waals surface area contributed by atoms with Gasteiger partial charge in [0.25, 0.3) is 0 Å². The lowest BCUT2D eigenvalue weighted by atomic mass is 9.82. The van der Waals surface area contributed by atoms with Crippen LogP contribution < -0.4 is 5.46 Å². The Morgan fingerprint density at radius 2 is 1.32 bits per heavy atom. The summed E-state index contributed by atoms with van der Waals surface area (Å²) in [6.07, 6.45) is 0. The number of aliphatic hydroxyl groups is 1. The highest BCUT2D eigenvalue weighted by atomic mass is 16.5. The second-order valence-corrected chi connectivity index (χ2v) is 9.40. The van der Waals surface area contributed by atoms with Gasteiger partial charge in [-0.2, -0.15) is 0 Å². The Kier molecular flexibility index (Phi) is 4.58. The van der Waals surface area contributed by atoms with Crippen LogP contribution in [0.3, 0.4) is 0 Å². The van der Waals surface area contributed by atoms with Crippen LogP contribution in [0.15, 0.2) is 78.9 Å². The van der Waals surface area contributed by atoms with Crippen LogP contribution in [-0.4, -0.2) is 23.8 Å². The quantitative estimate of drug-likeness (QED) is 0.366.